The van der Waals surface area contributed by atoms with Crippen LogP contribution in [0.25, 0.3) is 76.2 Å². The van der Waals surface area contributed by atoms with Crippen LogP contribution in [0.5, 0.6) is 0 Å². The van der Waals surface area contributed by atoms with Gasteiger partial charge in [0.05, 0.1) is 11.4 Å². The van der Waals surface area contributed by atoms with Gasteiger partial charge in [-0.1, -0.05) is 148 Å². The number of benzene rings is 9. The Morgan fingerprint density at radius 3 is 1.84 bits per heavy atom. The van der Waals surface area contributed by atoms with Gasteiger partial charge < -0.3 is 9.32 Å². The molecule has 1 heterocycles. The molecule has 0 bridgehead atoms. The first-order valence-corrected chi connectivity index (χ1v) is 17.4. The zero-order valence-corrected chi connectivity index (χ0v) is 28.4. The van der Waals surface area contributed by atoms with Crippen LogP contribution in [0, 0.1) is 0 Å². The van der Waals surface area contributed by atoms with Crippen LogP contribution < -0.4 is 4.90 Å². The van der Waals surface area contributed by atoms with Crippen molar-refractivity contribution in [2.75, 3.05) is 4.90 Å². The number of hydrogen-bond acceptors (Lipinski definition) is 2. The third-order valence-electron chi connectivity index (χ3n) is 10.5. The molecule has 1 aromatic heterocycles. The number of rotatable bonds is 4. The molecule has 0 amide bonds. The first kappa shape index (κ1) is 28.9. The van der Waals surface area contributed by atoms with Gasteiger partial charge in [-0.25, -0.2) is 0 Å². The molecule has 0 N–H and O–H groups in total. The SMILES string of the molecule is CC(C)(C)c1cccc2oc3c4ccccc4c(N(c4ccc(-c5ccccc5)cc4)c4ccc5ccc6cccc7ccc4c5c67)cc3c12. The molecular weight excluding hydrogens is 607 g/mol. The highest BCUT2D eigenvalue weighted by Crippen LogP contribution is 2.49. The molecule has 2 heteroatoms. The maximum atomic E-state index is 6.74. The number of nitrogens with zero attached hydrogens (tertiary/aromatic N) is 1. The molecule has 0 spiro atoms. The largest absolute Gasteiger partial charge is 0.455 e. The summed E-state index contributed by atoms with van der Waals surface area (Å²) in [6, 6.07) is 57.6. The number of furan rings is 1. The van der Waals surface area contributed by atoms with Gasteiger partial charge in [-0.2, -0.15) is 0 Å². The average molecular weight is 642 g/mol. The van der Waals surface area contributed by atoms with Crippen molar-refractivity contribution in [3.05, 3.63) is 163 Å². The first-order chi connectivity index (χ1) is 24.4. The lowest BCUT2D eigenvalue weighted by molar-refractivity contribution is 0.594. The molecule has 238 valence electrons. The first-order valence-electron chi connectivity index (χ1n) is 17.4. The van der Waals surface area contributed by atoms with Crippen molar-refractivity contribution in [2.45, 2.75) is 26.2 Å². The normalized spacial score (nSPS) is 12.3. The minimum Gasteiger partial charge on any atom is -0.455 e. The van der Waals surface area contributed by atoms with Gasteiger partial charge in [-0.3, -0.25) is 0 Å². The van der Waals surface area contributed by atoms with E-state index >= 15 is 0 Å². The lowest BCUT2D eigenvalue weighted by atomic mass is 9.84. The van der Waals surface area contributed by atoms with Crippen LogP contribution in [0.4, 0.5) is 17.1 Å². The standard InChI is InChI=1S/C48H35NO/c1-48(2,3)40-17-10-18-43-46(40)39-29-42(36-15-7-8-16-37(36)47(39)50-43)49(35-25-21-31(22-26-35)30-11-5-4-6-12-30)41-28-24-34-20-19-32-13-9-14-33-23-27-38(41)45(34)44(32)33/h4-29H,1-3H3. The topological polar surface area (TPSA) is 16.4 Å². The second-order valence-electron chi connectivity index (χ2n) is 14.5. The highest BCUT2D eigenvalue weighted by Gasteiger charge is 2.25. The highest BCUT2D eigenvalue weighted by molar-refractivity contribution is 6.27. The lowest BCUT2D eigenvalue weighted by Gasteiger charge is -2.29. The van der Waals surface area contributed by atoms with Crippen molar-refractivity contribution < 1.29 is 4.42 Å². The summed E-state index contributed by atoms with van der Waals surface area (Å²) in [5, 5.41) is 12.2. The Bertz CT molecular complexity index is 2870. The third-order valence-corrected chi connectivity index (χ3v) is 10.5. The molecule has 9 aromatic carbocycles. The second-order valence-corrected chi connectivity index (χ2v) is 14.5. The maximum absolute atomic E-state index is 6.74. The maximum Gasteiger partial charge on any atom is 0.143 e. The Kier molecular flexibility index (Phi) is 6.17. The average Bonchev–Trinajstić information content (AvgIpc) is 3.54. The molecule has 0 aliphatic carbocycles. The van der Waals surface area contributed by atoms with Crippen molar-refractivity contribution >= 4 is 82.1 Å². The molecule has 0 saturated heterocycles. The molecule has 50 heavy (non-hydrogen) atoms. The molecule has 10 rings (SSSR count). The van der Waals surface area contributed by atoms with Crippen LogP contribution in [-0.2, 0) is 5.41 Å². The molecule has 10 aromatic rings. The number of anilines is 3. The minimum atomic E-state index is -0.0544. The molecule has 0 aliphatic heterocycles. The third kappa shape index (κ3) is 4.28. The summed E-state index contributed by atoms with van der Waals surface area (Å²) in [5.74, 6) is 0. The van der Waals surface area contributed by atoms with E-state index in [2.05, 4.69) is 183 Å². The highest BCUT2D eigenvalue weighted by atomic mass is 16.3. The quantitative estimate of drug-likeness (QED) is 0.178. The molecule has 0 aliphatic rings. The zero-order valence-electron chi connectivity index (χ0n) is 28.4. The summed E-state index contributed by atoms with van der Waals surface area (Å²) < 4.78 is 6.74. The van der Waals surface area contributed by atoms with E-state index in [-0.39, 0.29) is 5.41 Å². The molecule has 0 radical (unpaired) electrons. The summed E-state index contributed by atoms with van der Waals surface area (Å²) in [5.41, 5.74) is 8.88. The van der Waals surface area contributed by atoms with Gasteiger partial charge in [-0.15, -0.1) is 0 Å². The van der Waals surface area contributed by atoms with Gasteiger partial charge in [0, 0.05) is 32.6 Å². The number of hydrogen-bond donors (Lipinski definition) is 0. The van der Waals surface area contributed by atoms with Crippen LogP contribution in [0.2, 0.25) is 0 Å². The van der Waals surface area contributed by atoms with E-state index in [0.29, 0.717) is 0 Å². The minimum absolute atomic E-state index is 0.0544. The van der Waals surface area contributed by atoms with E-state index in [1.54, 1.807) is 0 Å². The van der Waals surface area contributed by atoms with Crippen molar-refractivity contribution in [1.82, 2.24) is 0 Å². The fourth-order valence-electron chi connectivity index (χ4n) is 8.20. The van der Waals surface area contributed by atoms with Crippen molar-refractivity contribution in [2.24, 2.45) is 0 Å². The summed E-state index contributed by atoms with van der Waals surface area (Å²) in [6.07, 6.45) is 0. The van der Waals surface area contributed by atoms with E-state index in [1.165, 1.54) is 54.4 Å². The van der Waals surface area contributed by atoms with Gasteiger partial charge in [0.2, 0.25) is 0 Å². The number of fused-ring (bicyclic) bond motifs is 5. The Labute approximate surface area is 291 Å². The van der Waals surface area contributed by atoms with E-state index in [9.17, 15) is 0 Å². The van der Waals surface area contributed by atoms with E-state index < -0.39 is 0 Å². The van der Waals surface area contributed by atoms with Crippen molar-refractivity contribution in [3.8, 4) is 11.1 Å². The summed E-state index contributed by atoms with van der Waals surface area (Å²) in [7, 11) is 0. The molecule has 0 saturated carbocycles. The van der Waals surface area contributed by atoms with Gasteiger partial charge >= 0.3 is 0 Å². The lowest BCUT2D eigenvalue weighted by Crippen LogP contribution is -2.12. The Morgan fingerprint density at radius 2 is 1.08 bits per heavy atom. The van der Waals surface area contributed by atoms with Crippen molar-refractivity contribution in [3.63, 3.8) is 0 Å². The summed E-state index contributed by atoms with van der Waals surface area (Å²) in [6.45, 7) is 6.86. The van der Waals surface area contributed by atoms with Gasteiger partial charge in [0.15, 0.2) is 0 Å². The van der Waals surface area contributed by atoms with Crippen LogP contribution in [0.3, 0.4) is 0 Å². The van der Waals surface area contributed by atoms with E-state index in [1.807, 2.05) is 0 Å². The van der Waals surface area contributed by atoms with E-state index in [4.69, 9.17) is 4.42 Å². The summed E-state index contributed by atoms with van der Waals surface area (Å²) in [4.78, 5) is 2.47. The summed E-state index contributed by atoms with van der Waals surface area (Å²) >= 11 is 0. The smallest absolute Gasteiger partial charge is 0.143 e. The predicted molar refractivity (Wildman–Crippen MR) is 214 cm³/mol. The van der Waals surface area contributed by atoms with Gasteiger partial charge in [0.1, 0.15) is 11.2 Å². The van der Waals surface area contributed by atoms with Crippen molar-refractivity contribution in [1.29, 1.82) is 0 Å². The molecule has 0 unspecified atom stereocenters. The van der Waals surface area contributed by atoms with E-state index in [0.717, 1.165) is 44.4 Å². The fraction of sp³-hybridized carbons (Fsp3) is 0.0833. The monoisotopic (exact) mass is 641 g/mol. The van der Waals surface area contributed by atoms with Crippen LogP contribution >= 0.6 is 0 Å². The second kappa shape index (κ2) is 10.7. The van der Waals surface area contributed by atoms with Crippen LogP contribution in [-0.4, -0.2) is 0 Å². The predicted octanol–water partition coefficient (Wildman–Crippen LogP) is 14.1. The Morgan fingerprint density at radius 1 is 0.440 bits per heavy atom. The van der Waals surface area contributed by atoms with Gasteiger partial charge in [0.25, 0.3) is 0 Å². The fourth-order valence-corrected chi connectivity index (χ4v) is 8.20. The van der Waals surface area contributed by atoms with Gasteiger partial charge in [-0.05, 0) is 79.4 Å². The Balaban J connectivity index is 1.32. The zero-order chi connectivity index (χ0) is 33.6. The Hall–Kier alpha value is -6.12. The molecule has 2 nitrogen and oxygen atoms in total. The molecule has 0 atom stereocenters. The molecule has 0 fully saturated rings. The molecular formula is C48H35NO. The van der Waals surface area contributed by atoms with Crippen LogP contribution in [0.15, 0.2) is 162 Å². The van der Waals surface area contributed by atoms with Crippen LogP contribution in [0.1, 0.15) is 26.3 Å².